The molecule has 152 valence electrons. The summed E-state index contributed by atoms with van der Waals surface area (Å²) in [6.07, 6.45) is -5.17. The van der Waals surface area contributed by atoms with Crippen LogP contribution >= 0.6 is 0 Å². The van der Waals surface area contributed by atoms with E-state index in [4.69, 9.17) is 4.52 Å². The minimum atomic E-state index is -4.49. The number of aliphatic hydroxyl groups is 1. The zero-order valence-corrected chi connectivity index (χ0v) is 15.7. The van der Waals surface area contributed by atoms with Gasteiger partial charge in [0.15, 0.2) is 0 Å². The van der Waals surface area contributed by atoms with E-state index in [0.29, 0.717) is 27.9 Å². The van der Waals surface area contributed by atoms with Crippen molar-refractivity contribution in [3.05, 3.63) is 58.4 Å². The largest absolute Gasteiger partial charge is 0.416 e. The van der Waals surface area contributed by atoms with Crippen LogP contribution in [-0.2, 0) is 6.18 Å². The number of alkyl halides is 3. The van der Waals surface area contributed by atoms with E-state index >= 15 is 0 Å². The van der Waals surface area contributed by atoms with E-state index < -0.39 is 29.8 Å². The Labute approximate surface area is 163 Å². The summed E-state index contributed by atoms with van der Waals surface area (Å²) in [4.78, 5) is 19.0. The Morgan fingerprint density at radius 1 is 1.28 bits per heavy atom. The first kappa shape index (κ1) is 19.4. The highest BCUT2D eigenvalue weighted by atomic mass is 19.4. The maximum atomic E-state index is 13.4. The normalized spacial score (nSPS) is 19.9. The van der Waals surface area contributed by atoms with Crippen LogP contribution in [0.3, 0.4) is 0 Å². The van der Waals surface area contributed by atoms with Gasteiger partial charge in [-0.3, -0.25) is 4.79 Å². The molecule has 1 aliphatic heterocycles. The van der Waals surface area contributed by atoms with Crippen LogP contribution in [-0.4, -0.2) is 38.7 Å². The van der Waals surface area contributed by atoms with Gasteiger partial charge in [0, 0.05) is 12.2 Å². The van der Waals surface area contributed by atoms with Crippen LogP contribution in [0.15, 0.2) is 34.9 Å². The second-order valence-corrected chi connectivity index (χ2v) is 7.25. The number of aromatic nitrogens is 2. The van der Waals surface area contributed by atoms with Gasteiger partial charge in [0.05, 0.1) is 34.4 Å². The number of rotatable bonds is 2. The molecule has 0 saturated carbocycles. The number of aryl methyl sites for hydroxylation is 2. The first-order valence-electron chi connectivity index (χ1n) is 9.05. The Balaban J connectivity index is 1.76. The number of pyridine rings is 1. The lowest BCUT2D eigenvalue weighted by Gasteiger charge is -2.25. The maximum absolute atomic E-state index is 13.4. The Kier molecular flexibility index (Phi) is 4.57. The fraction of sp³-hybridized carbons (Fsp3) is 0.350. The number of halogens is 3. The highest BCUT2D eigenvalue weighted by Gasteiger charge is 2.38. The molecule has 2 aromatic heterocycles. The summed E-state index contributed by atoms with van der Waals surface area (Å²) >= 11 is 0. The molecule has 0 aliphatic carbocycles. The molecule has 3 aromatic rings. The van der Waals surface area contributed by atoms with Gasteiger partial charge in [-0.05, 0) is 44.0 Å². The summed E-state index contributed by atoms with van der Waals surface area (Å²) in [7, 11) is 0. The first-order chi connectivity index (χ1) is 13.6. The lowest BCUT2D eigenvalue weighted by molar-refractivity contribution is -0.137. The number of amides is 1. The molecule has 1 N–H and O–H groups in total. The van der Waals surface area contributed by atoms with Crippen molar-refractivity contribution >= 4 is 17.0 Å². The minimum Gasteiger partial charge on any atom is -0.391 e. The SMILES string of the molecule is Cc1cc(C(=O)N2C[C@@H](O)C[C@H]2c2cccc(C(F)(F)F)c2)c2c(C)noc2n1. The lowest BCUT2D eigenvalue weighted by atomic mass is 10.00. The molecule has 6 nitrogen and oxygen atoms in total. The average molecular weight is 405 g/mol. The minimum absolute atomic E-state index is 0.0208. The van der Waals surface area contributed by atoms with Crippen LogP contribution in [0.4, 0.5) is 13.2 Å². The molecule has 1 aliphatic rings. The molecule has 1 fully saturated rings. The Bertz CT molecular complexity index is 1090. The summed E-state index contributed by atoms with van der Waals surface area (Å²) < 4.78 is 44.5. The molecular weight excluding hydrogens is 387 g/mol. The topological polar surface area (TPSA) is 79.5 Å². The van der Waals surface area contributed by atoms with Crippen LogP contribution in [0.5, 0.6) is 0 Å². The number of nitrogens with zero attached hydrogens (tertiary/aromatic N) is 3. The van der Waals surface area contributed by atoms with Gasteiger partial charge < -0.3 is 14.5 Å². The number of aliphatic hydroxyl groups excluding tert-OH is 1. The van der Waals surface area contributed by atoms with E-state index in [2.05, 4.69) is 10.1 Å². The first-order valence-corrected chi connectivity index (χ1v) is 9.05. The molecular formula is C20H18F3N3O3. The highest BCUT2D eigenvalue weighted by molar-refractivity contribution is 6.06. The zero-order valence-electron chi connectivity index (χ0n) is 15.7. The molecule has 0 spiro atoms. The van der Waals surface area contributed by atoms with E-state index in [9.17, 15) is 23.1 Å². The molecule has 1 saturated heterocycles. The number of carbonyl (C=O) groups is 1. The average Bonchev–Trinajstić information content (AvgIpc) is 3.23. The van der Waals surface area contributed by atoms with Crippen LogP contribution < -0.4 is 0 Å². The number of carbonyl (C=O) groups excluding carboxylic acids is 1. The standard InChI is InChI=1S/C20H18F3N3O3/c1-10-6-15(17-11(2)25-29-18(17)24-10)19(28)26-9-14(27)8-16(26)12-4-3-5-13(7-12)20(21,22)23/h3-7,14,16,27H,8-9H2,1-2H3/t14-,16-/m0/s1. The third-order valence-electron chi connectivity index (χ3n) is 5.11. The smallest absolute Gasteiger partial charge is 0.391 e. The van der Waals surface area contributed by atoms with Gasteiger partial charge in [-0.25, -0.2) is 4.98 Å². The second kappa shape index (κ2) is 6.84. The summed E-state index contributed by atoms with van der Waals surface area (Å²) in [5.74, 6) is -0.411. The molecule has 4 rings (SSSR count). The van der Waals surface area contributed by atoms with Gasteiger partial charge in [0.2, 0.25) is 0 Å². The molecule has 0 radical (unpaired) electrons. The predicted molar refractivity (Wildman–Crippen MR) is 97.1 cm³/mol. The van der Waals surface area contributed by atoms with Gasteiger partial charge in [-0.1, -0.05) is 17.3 Å². The maximum Gasteiger partial charge on any atom is 0.416 e. The number of hydrogen-bond acceptors (Lipinski definition) is 5. The Hall–Kier alpha value is -2.94. The van der Waals surface area contributed by atoms with Crippen LogP contribution in [0, 0.1) is 13.8 Å². The number of benzene rings is 1. The summed E-state index contributed by atoms with van der Waals surface area (Å²) in [5.41, 5.74) is 1.10. The van der Waals surface area contributed by atoms with Gasteiger partial charge in [-0.15, -0.1) is 0 Å². The molecule has 1 aromatic carbocycles. The van der Waals surface area contributed by atoms with E-state index in [-0.39, 0.29) is 18.7 Å². The van der Waals surface area contributed by atoms with Gasteiger partial charge in [0.1, 0.15) is 0 Å². The molecule has 29 heavy (non-hydrogen) atoms. The van der Waals surface area contributed by atoms with E-state index in [0.717, 1.165) is 12.1 Å². The highest BCUT2D eigenvalue weighted by Crippen LogP contribution is 2.37. The fourth-order valence-electron chi connectivity index (χ4n) is 3.82. The van der Waals surface area contributed by atoms with Gasteiger partial charge in [-0.2, -0.15) is 13.2 Å². The molecule has 9 heteroatoms. The number of fused-ring (bicyclic) bond motifs is 1. The summed E-state index contributed by atoms with van der Waals surface area (Å²) in [6.45, 7) is 3.41. The van der Waals surface area contributed by atoms with Crippen molar-refractivity contribution < 1.29 is 27.6 Å². The monoisotopic (exact) mass is 405 g/mol. The quantitative estimate of drug-likeness (QED) is 0.702. The van der Waals surface area contributed by atoms with Crippen molar-refractivity contribution in [1.29, 1.82) is 0 Å². The third kappa shape index (κ3) is 3.46. The Morgan fingerprint density at radius 3 is 2.76 bits per heavy atom. The summed E-state index contributed by atoms with van der Waals surface area (Å²) in [6, 6.07) is 5.78. The van der Waals surface area contributed by atoms with Crippen molar-refractivity contribution in [3.8, 4) is 0 Å². The lowest BCUT2D eigenvalue weighted by Crippen LogP contribution is -2.32. The second-order valence-electron chi connectivity index (χ2n) is 7.25. The molecule has 2 atom stereocenters. The van der Waals surface area contributed by atoms with Crippen molar-refractivity contribution in [3.63, 3.8) is 0 Å². The van der Waals surface area contributed by atoms with Gasteiger partial charge in [0.25, 0.3) is 11.6 Å². The van der Waals surface area contributed by atoms with Crippen molar-refractivity contribution in [2.45, 2.75) is 38.6 Å². The molecule has 1 amide bonds. The fourth-order valence-corrected chi connectivity index (χ4v) is 3.82. The van der Waals surface area contributed by atoms with E-state index in [1.165, 1.54) is 17.0 Å². The van der Waals surface area contributed by atoms with Crippen molar-refractivity contribution in [1.82, 2.24) is 15.0 Å². The van der Waals surface area contributed by atoms with Crippen LogP contribution in [0.25, 0.3) is 11.1 Å². The van der Waals surface area contributed by atoms with Crippen LogP contribution in [0.2, 0.25) is 0 Å². The van der Waals surface area contributed by atoms with Gasteiger partial charge >= 0.3 is 6.18 Å². The van der Waals surface area contributed by atoms with Crippen molar-refractivity contribution in [2.24, 2.45) is 0 Å². The van der Waals surface area contributed by atoms with Crippen molar-refractivity contribution in [2.75, 3.05) is 6.54 Å². The Morgan fingerprint density at radius 2 is 2.03 bits per heavy atom. The third-order valence-corrected chi connectivity index (χ3v) is 5.11. The molecule has 0 unspecified atom stereocenters. The van der Waals surface area contributed by atoms with Crippen LogP contribution in [0.1, 0.15) is 45.3 Å². The molecule has 0 bridgehead atoms. The number of hydrogen-bond donors (Lipinski definition) is 1. The number of likely N-dealkylation sites (tertiary alicyclic amines) is 1. The van der Waals surface area contributed by atoms with E-state index in [1.54, 1.807) is 19.9 Å². The summed E-state index contributed by atoms with van der Waals surface area (Å²) in [5, 5.41) is 14.5. The predicted octanol–water partition coefficient (Wildman–Crippen LogP) is 3.81. The van der Waals surface area contributed by atoms with E-state index in [1.807, 2.05) is 0 Å². The number of β-amino-alcohol motifs (C(OH)–C–C–N with tert-alkyl or cyclic N) is 1. The molecule has 3 heterocycles. The zero-order chi connectivity index (χ0) is 20.9.